The molecule has 0 saturated carbocycles. The topological polar surface area (TPSA) is 98.1 Å². The quantitative estimate of drug-likeness (QED) is 0.406. The van der Waals surface area contributed by atoms with Gasteiger partial charge in [-0.2, -0.15) is 5.10 Å². The van der Waals surface area contributed by atoms with Crippen LogP contribution in [0.5, 0.6) is 5.75 Å². The number of carbonyl (C=O) groups is 2. The number of para-hydroxylation sites is 1. The first-order valence-electron chi connectivity index (χ1n) is 10.5. The average molecular weight is 459 g/mol. The molecule has 2 amide bonds. The first-order valence-corrected chi connectivity index (χ1v) is 10.5. The molecule has 8 nitrogen and oxygen atoms in total. The van der Waals surface area contributed by atoms with Crippen molar-refractivity contribution in [2.24, 2.45) is 0 Å². The fourth-order valence-corrected chi connectivity index (χ4v) is 3.14. The van der Waals surface area contributed by atoms with E-state index in [1.165, 1.54) is 29.5 Å². The summed E-state index contributed by atoms with van der Waals surface area (Å²) in [6.45, 7) is 1.92. The number of anilines is 2. The molecule has 0 aliphatic rings. The minimum absolute atomic E-state index is 0.200. The summed E-state index contributed by atoms with van der Waals surface area (Å²) in [7, 11) is 0. The number of amides is 2. The van der Waals surface area contributed by atoms with Gasteiger partial charge in [-0.15, -0.1) is 0 Å². The molecule has 9 heteroatoms. The summed E-state index contributed by atoms with van der Waals surface area (Å²) in [4.78, 5) is 29.1. The molecule has 1 unspecified atom stereocenters. The Bertz CT molecular complexity index is 1260. The molecule has 2 N–H and O–H groups in total. The molecule has 0 aliphatic carbocycles. The molecular weight excluding hydrogens is 437 g/mol. The van der Waals surface area contributed by atoms with Gasteiger partial charge < -0.3 is 15.4 Å². The molecule has 34 heavy (non-hydrogen) atoms. The van der Waals surface area contributed by atoms with Crippen LogP contribution in [0, 0.1) is 5.82 Å². The molecule has 1 heterocycles. The van der Waals surface area contributed by atoms with Gasteiger partial charge in [-0.05, 0) is 61.0 Å². The van der Waals surface area contributed by atoms with Crippen LogP contribution in [-0.2, 0) is 11.4 Å². The Morgan fingerprint density at radius 3 is 2.32 bits per heavy atom. The van der Waals surface area contributed by atoms with Crippen molar-refractivity contribution in [1.82, 2.24) is 14.8 Å². The number of carbonyl (C=O) groups excluding carboxylic acids is 2. The molecule has 0 bridgehead atoms. The lowest BCUT2D eigenvalue weighted by atomic mass is 10.1. The highest BCUT2D eigenvalue weighted by molar-refractivity contribution is 6.06. The molecular formula is C25H22FN5O3. The van der Waals surface area contributed by atoms with Crippen molar-refractivity contribution in [3.05, 3.63) is 102 Å². The van der Waals surface area contributed by atoms with Crippen LogP contribution in [0.2, 0.25) is 0 Å². The van der Waals surface area contributed by atoms with E-state index in [-0.39, 0.29) is 24.2 Å². The smallest absolute Gasteiger partial charge is 0.259 e. The number of aromatic nitrogens is 3. The lowest BCUT2D eigenvalue weighted by Crippen LogP contribution is -2.24. The van der Waals surface area contributed by atoms with Crippen molar-refractivity contribution in [1.29, 1.82) is 0 Å². The lowest BCUT2D eigenvalue weighted by molar-refractivity contribution is -0.119. The minimum atomic E-state index is -0.520. The van der Waals surface area contributed by atoms with E-state index in [0.717, 1.165) is 5.56 Å². The normalized spacial score (nSPS) is 11.5. The maximum Gasteiger partial charge on any atom is 0.259 e. The summed E-state index contributed by atoms with van der Waals surface area (Å²) >= 11 is 0. The van der Waals surface area contributed by atoms with Crippen molar-refractivity contribution < 1.29 is 18.7 Å². The van der Waals surface area contributed by atoms with Gasteiger partial charge in [0.05, 0.1) is 5.56 Å². The molecule has 1 aromatic heterocycles. The van der Waals surface area contributed by atoms with E-state index >= 15 is 0 Å². The van der Waals surface area contributed by atoms with E-state index in [1.807, 2.05) is 0 Å². The molecule has 0 saturated heterocycles. The molecule has 3 aromatic carbocycles. The second-order valence-corrected chi connectivity index (χ2v) is 7.48. The maximum atomic E-state index is 13.1. The largest absolute Gasteiger partial charge is 0.488 e. The maximum absolute atomic E-state index is 13.1. The zero-order valence-electron chi connectivity index (χ0n) is 18.3. The Hall–Kier alpha value is -4.53. The molecule has 172 valence electrons. The second kappa shape index (κ2) is 10.4. The van der Waals surface area contributed by atoms with Crippen LogP contribution in [0.3, 0.4) is 0 Å². The first kappa shape index (κ1) is 22.7. The summed E-state index contributed by atoms with van der Waals surface area (Å²) in [6.07, 6.45) is 2.84. The molecule has 0 aliphatic heterocycles. The number of nitrogens with one attached hydrogen (secondary N) is 2. The van der Waals surface area contributed by atoms with Crippen LogP contribution >= 0.6 is 0 Å². The van der Waals surface area contributed by atoms with E-state index in [9.17, 15) is 14.0 Å². The average Bonchev–Trinajstić information content (AvgIpc) is 3.39. The van der Waals surface area contributed by atoms with Crippen LogP contribution in [0.4, 0.5) is 15.8 Å². The van der Waals surface area contributed by atoms with E-state index in [0.29, 0.717) is 22.7 Å². The Morgan fingerprint density at radius 2 is 1.65 bits per heavy atom. The molecule has 4 aromatic rings. The third kappa shape index (κ3) is 5.63. The Balaban J connectivity index is 1.37. The van der Waals surface area contributed by atoms with Crippen molar-refractivity contribution >= 4 is 23.2 Å². The highest BCUT2D eigenvalue weighted by atomic mass is 19.1. The summed E-state index contributed by atoms with van der Waals surface area (Å²) in [5.74, 6) is -0.491. The van der Waals surface area contributed by atoms with E-state index < -0.39 is 6.04 Å². The zero-order valence-corrected chi connectivity index (χ0v) is 18.3. The van der Waals surface area contributed by atoms with Gasteiger partial charge in [0, 0.05) is 11.4 Å². The third-order valence-electron chi connectivity index (χ3n) is 5.06. The van der Waals surface area contributed by atoms with Gasteiger partial charge >= 0.3 is 0 Å². The molecule has 0 fully saturated rings. The van der Waals surface area contributed by atoms with Gasteiger partial charge in [0.1, 0.15) is 36.9 Å². The first-order chi connectivity index (χ1) is 16.5. The second-order valence-electron chi connectivity index (χ2n) is 7.48. The summed E-state index contributed by atoms with van der Waals surface area (Å²) in [5, 5.41) is 9.60. The number of hydrogen-bond acceptors (Lipinski definition) is 5. The van der Waals surface area contributed by atoms with Crippen LogP contribution in [0.25, 0.3) is 0 Å². The number of rotatable bonds is 8. The SMILES string of the molecule is CC(C(=O)Nc1ccc(NC(=O)c2ccccc2OCc2ccc(F)cc2)cc1)n1cncn1. The number of hydrogen-bond donors (Lipinski definition) is 2. The summed E-state index contributed by atoms with van der Waals surface area (Å²) in [5.41, 5.74) is 2.29. The van der Waals surface area contributed by atoms with Crippen LogP contribution in [0.1, 0.15) is 28.9 Å². The zero-order chi connectivity index (χ0) is 23.9. The minimum Gasteiger partial charge on any atom is -0.488 e. The number of halogens is 1. The van der Waals surface area contributed by atoms with Gasteiger partial charge in [0.2, 0.25) is 5.91 Å². The molecule has 1 atom stereocenters. The number of nitrogens with zero attached hydrogens (tertiary/aromatic N) is 3. The number of benzene rings is 3. The predicted molar refractivity (Wildman–Crippen MR) is 125 cm³/mol. The molecule has 0 radical (unpaired) electrons. The summed E-state index contributed by atoms with van der Waals surface area (Å²) in [6, 6.07) is 19.1. The number of ether oxygens (including phenoxy) is 1. The van der Waals surface area contributed by atoms with E-state index in [4.69, 9.17) is 4.74 Å². The standard InChI is InChI=1S/C25H22FN5O3/c1-17(31-16-27-15-28-31)24(32)29-20-10-12-21(13-11-20)30-25(33)22-4-2-3-5-23(22)34-14-18-6-8-19(26)9-7-18/h2-13,15-17H,14H2,1H3,(H,29,32)(H,30,33). The van der Waals surface area contributed by atoms with Gasteiger partial charge in [-0.3, -0.25) is 9.59 Å². The molecule has 4 rings (SSSR count). The van der Waals surface area contributed by atoms with Gasteiger partial charge in [-0.1, -0.05) is 24.3 Å². The molecule has 0 spiro atoms. The van der Waals surface area contributed by atoms with Crippen LogP contribution < -0.4 is 15.4 Å². The van der Waals surface area contributed by atoms with E-state index in [2.05, 4.69) is 20.7 Å². The Morgan fingerprint density at radius 1 is 0.971 bits per heavy atom. The van der Waals surface area contributed by atoms with Crippen molar-refractivity contribution in [2.45, 2.75) is 19.6 Å². The van der Waals surface area contributed by atoms with Gasteiger partial charge in [-0.25, -0.2) is 14.1 Å². The van der Waals surface area contributed by atoms with Gasteiger partial charge in [0.25, 0.3) is 5.91 Å². The Labute approximate surface area is 195 Å². The van der Waals surface area contributed by atoms with Crippen molar-refractivity contribution in [3.63, 3.8) is 0 Å². The third-order valence-corrected chi connectivity index (χ3v) is 5.06. The summed E-state index contributed by atoms with van der Waals surface area (Å²) < 4.78 is 20.3. The monoisotopic (exact) mass is 459 g/mol. The highest BCUT2D eigenvalue weighted by Crippen LogP contribution is 2.22. The fraction of sp³-hybridized carbons (Fsp3) is 0.120. The van der Waals surface area contributed by atoms with Crippen LogP contribution in [0.15, 0.2) is 85.5 Å². The highest BCUT2D eigenvalue weighted by Gasteiger charge is 2.16. The fourth-order valence-electron chi connectivity index (χ4n) is 3.14. The Kier molecular flexibility index (Phi) is 6.92. The van der Waals surface area contributed by atoms with Crippen LogP contribution in [-0.4, -0.2) is 26.6 Å². The van der Waals surface area contributed by atoms with E-state index in [1.54, 1.807) is 67.6 Å². The van der Waals surface area contributed by atoms with Crippen molar-refractivity contribution in [3.8, 4) is 5.75 Å². The van der Waals surface area contributed by atoms with Gasteiger partial charge in [0.15, 0.2) is 0 Å². The lowest BCUT2D eigenvalue weighted by Gasteiger charge is -2.13. The van der Waals surface area contributed by atoms with Crippen molar-refractivity contribution in [2.75, 3.05) is 10.6 Å². The predicted octanol–water partition coefficient (Wildman–Crippen LogP) is 4.45.